The lowest BCUT2D eigenvalue weighted by molar-refractivity contribution is -0.139. The zero-order chi connectivity index (χ0) is 15.2. The van der Waals surface area contributed by atoms with E-state index < -0.39 is 18.0 Å². The molecule has 0 radical (unpaired) electrons. The van der Waals surface area contributed by atoms with Crippen molar-refractivity contribution in [3.63, 3.8) is 0 Å². The van der Waals surface area contributed by atoms with E-state index >= 15 is 0 Å². The van der Waals surface area contributed by atoms with Crippen LogP contribution in [0, 0.1) is 0 Å². The van der Waals surface area contributed by atoms with Gasteiger partial charge in [-0.2, -0.15) is 0 Å². The van der Waals surface area contributed by atoms with Crippen molar-refractivity contribution in [1.82, 2.24) is 5.32 Å². The van der Waals surface area contributed by atoms with Crippen molar-refractivity contribution in [1.29, 1.82) is 0 Å². The number of hydrogen-bond acceptors (Lipinski definition) is 3. The molecule has 1 atom stereocenters. The maximum absolute atomic E-state index is 11.9. The van der Waals surface area contributed by atoms with Crippen LogP contribution in [-0.2, 0) is 4.79 Å². The molecular weight excluding hydrogens is 272 g/mol. The monoisotopic (exact) mass is 288 g/mol. The van der Waals surface area contributed by atoms with Gasteiger partial charge in [-0.15, -0.1) is 0 Å². The predicted molar refractivity (Wildman–Crippen MR) is 79.2 cm³/mol. The fourth-order valence-electron chi connectivity index (χ4n) is 2.04. The quantitative estimate of drug-likeness (QED) is 0.674. The zero-order valence-electron chi connectivity index (χ0n) is 11.2. The molecule has 6 heteroatoms. The van der Waals surface area contributed by atoms with Gasteiger partial charge < -0.3 is 20.8 Å². The van der Waals surface area contributed by atoms with Gasteiger partial charge in [0.05, 0.1) is 5.69 Å². The van der Waals surface area contributed by atoms with E-state index in [0.717, 1.165) is 10.8 Å². The second-order valence-electron chi connectivity index (χ2n) is 4.53. The van der Waals surface area contributed by atoms with Crippen molar-refractivity contribution < 1.29 is 19.8 Å². The molecule has 0 aliphatic rings. The Morgan fingerprint density at radius 1 is 1.10 bits per heavy atom. The Morgan fingerprint density at radius 3 is 2.52 bits per heavy atom. The molecule has 0 bridgehead atoms. The lowest BCUT2D eigenvalue weighted by Crippen LogP contribution is -2.43. The maximum Gasteiger partial charge on any atom is 0.326 e. The van der Waals surface area contributed by atoms with Crippen LogP contribution in [-0.4, -0.2) is 34.9 Å². The molecule has 0 aromatic heterocycles. The minimum atomic E-state index is -1.18. The third kappa shape index (κ3) is 3.70. The average molecular weight is 288 g/mol. The number of aliphatic hydroxyl groups excluding tert-OH is 1. The molecule has 2 aromatic carbocycles. The number of amides is 2. The van der Waals surface area contributed by atoms with Gasteiger partial charge in [0.2, 0.25) is 0 Å². The van der Waals surface area contributed by atoms with Crippen LogP contribution in [0.4, 0.5) is 10.5 Å². The fraction of sp³-hybridized carbons (Fsp3) is 0.200. The Morgan fingerprint density at radius 2 is 1.81 bits per heavy atom. The Balaban J connectivity index is 2.13. The second-order valence-corrected chi connectivity index (χ2v) is 4.53. The van der Waals surface area contributed by atoms with Crippen LogP contribution in [0.3, 0.4) is 0 Å². The molecule has 6 nitrogen and oxygen atoms in total. The first-order valence-corrected chi connectivity index (χ1v) is 6.51. The number of aliphatic carboxylic acids is 1. The van der Waals surface area contributed by atoms with Crippen LogP contribution >= 0.6 is 0 Å². The number of carboxylic acid groups (broad SMARTS) is 1. The zero-order valence-corrected chi connectivity index (χ0v) is 11.2. The van der Waals surface area contributed by atoms with Crippen LogP contribution < -0.4 is 10.6 Å². The molecule has 0 heterocycles. The van der Waals surface area contributed by atoms with Crippen LogP contribution in [0.15, 0.2) is 42.5 Å². The van der Waals surface area contributed by atoms with Crippen molar-refractivity contribution >= 4 is 28.5 Å². The van der Waals surface area contributed by atoms with Gasteiger partial charge in [-0.3, -0.25) is 0 Å². The highest BCUT2D eigenvalue weighted by molar-refractivity contribution is 6.02. The molecule has 110 valence electrons. The van der Waals surface area contributed by atoms with E-state index in [9.17, 15) is 9.59 Å². The summed E-state index contributed by atoms with van der Waals surface area (Å²) < 4.78 is 0. The number of carboxylic acids is 1. The first-order chi connectivity index (χ1) is 10.1. The van der Waals surface area contributed by atoms with Crippen molar-refractivity contribution in [3.05, 3.63) is 42.5 Å². The highest BCUT2D eigenvalue weighted by Gasteiger charge is 2.19. The summed E-state index contributed by atoms with van der Waals surface area (Å²) in [6.45, 7) is -0.314. The van der Waals surface area contributed by atoms with Crippen LogP contribution in [0.25, 0.3) is 10.8 Å². The second kappa shape index (κ2) is 6.71. The van der Waals surface area contributed by atoms with E-state index in [1.165, 1.54) is 0 Å². The lowest BCUT2D eigenvalue weighted by Gasteiger charge is -2.15. The Labute approximate surface area is 121 Å². The van der Waals surface area contributed by atoms with E-state index in [1.807, 2.05) is 30.3 Å². The molecule has 4 N–H and O–H groups in total. The number of benzene rings is 2. The highest BCUT2D eigenvalue weighted by atomic mass is 16.4. The molecule has 0 saturated heterocycles. The number of nitrogens with one attached hydrogen (secondary N) is 2. The van der Waals surface area contributed by atoms with Gasteiger partial charge in [0.15, 0.2) is 0 Å². The maximum atomic E-state index is 11.9. The molecule has 2 aromatic rings. The van der Waals surface area contributed by atoms with Gasteiger partial charge in [-0.05, 0) is 11.5 Å². The van der Waals surface area contributed by atoms with Gasteiger partial charge in [0.1, 0.15) is 6.04 Å². The molecule has 0 aliphatic carbocycles. The fourth-order valence-corrected chi connectivity index (χ4v) is 2.04. The number of hydrogen-bond donors (Lipinski definition) is 4. The highest BCUT2D eigenvalue weighted by Crippen LogP contribution is 2.22. The van der Waals surface area contributed by atoms with Gasteiger partial charge >= 0.3 is 12.0 Å². The Bertz CT molecular complexity index is 652. The Hall–Kier alpha value is -2.60. The van der Waals surface area contributed by atoms with Crippen molar-refractivity contribution in [2.45, 2.75) is 12.5 Å². The van der Waals surface area contributed by atoms with E-state index in [2.05, 4.69) is 10.6 Å². The summed E-state index contributed by atoms with van der Waals surface area (Å²) in [7, 11) is 0. The van der Waals surface area contributed by atoms with Gasteiger partial charge in [0.25, 0.3) is 0 Å². The number of aliphatic hydroxyl groups is 1. The predicted octanol–water partition coefficient (Wildman–Crippen LogP) is 1.80. The van der Waals surface area contributed by atoms with Gasteiger partial charge in [-0.25, -0.2) is 9.59 Å². The summed E-state index contributed by atoms with van der Waals surface area (Å²) in [5.41, 5.74) is 0.596. The van der Waals surface area contributed by atoms with Crippen molar-refractivity contribution in [2.75, 3.05) is 11.9 Å². The van der Waals surface area contributed by atoms with E-state index in [0.29, 0.717) is 5.69 Å². The molecule has 2 amide bonds. The number of carbonyl (C=O) groups excluding carboxylic acids is 1. The minimum absolute atomic E-state index is 0.0434. The van der Waals surface area contributed by atoms with Gasteiger partial charge in [-0.1, -0.05) is 36.4 Å². The molecule has 21 heavy (non-hydrogen) atoms. The molecule has 2 rings (SSSR count). The van der Waals surface area contributed by atoms with E-state index in [1.54, 1.807) is 12.1 Å². The number of rotatable bonds is 5. The molecule has 0 aliphatic heterocycles. The molecule has 1 unspecified atom stereocenters. The average Bonchev–Trinajstić information content (AvgIpc) is 2.47. The molecule has 0 fully saturated rings. The van der Waals surface area contributed by atoms with Crippen molar-refractivity contribution in [3.8, 4) is 0 Å². The lowest BCUT2D eigenvalue weighted by atomic mass is 10.1. The molecular formula is C15H16N2O4. The first-order valence-electron chi connectivity index (χ1n) is 6.51. The normalized spacial score (nSPS) is 11.9. The van der Waals surface area contributed by atoms with Crippen LogP contribution in [0.2, 0.25) is 0 Å². The summed E-state index contributed by atoms with van der Waals surface area (Å²) in [4.78, 5) is 22.8. The minimum Gasteiger partial charge on any atom is -0.480 e. The third-order valence-electron chi connectivity index (χ3n) is 3.06. The SMILES string of the molecule is O=C(Nc1cccc2ccccc12)NC(CCO)C(=O)O. The first kappa shape index (κ1) is 14.8. The smallest absolute Gasteiger partial charge is 0.326 e. The number of carbonyl (C=O) groups is 2. The third-order valence-corrected chi connectivity index (χ3v) is 3.06. The standard InChI is InChI=1S/C15H16N2O4/c18-9-8-13(14(19)20)17-15(21)16-12-7-3-5-10-4-1-2-6-11(10)12/h1-7,13,18H,8-9H2,(H,19,20)(H2,16,17,21). The van der Waals surface area contributed by atoms with Crippen molar-refractivity contribution in [2.24, 2.45) is 0 Å². The van der Waals surface area contributed by atoms with Crippen LogP contribution in [0.5, 0.6) is 0 Å². The Kier molecular flexibility index (Phi) is 4.73. The van der Waals surface area contributed by atoms with E-state index in [-0.39, 0.29) is 13.0 Å². The number of anilines is 1. The van der Waals surface area contributed by atoms with Gasteiger partial charge in [0, 0.05) is 18.4 Å². The van der Waals surface area contributed by atoms with E-state index in [4.69, 9.17) is 10.2 Å². The number of urea groups is 1. The largest absolute Gasteiger partial charge is 0.480 e. The number of fused-ring (bicyclic) bond motifs is 1. The summed E-state index contributed by atoms with van der Waals surface area (Å²) in [6.07, 6.45) is -0.0434. The summed E-state index contributed by atoms with van der Waals surface area (Å²) in [5, 5.41) is 24.5. The summed E-state index contributed by atoms with van der Waals surface area (Å²) >= 11 is 0. The summed E-state index contributed by atoms with van der Waals surface area (Å²) in [6, 6.07) is 11.3. The van der Waals surface area contributed by atoms with Crippen LogP contribution in [0.1, 0.15) is 6.42 Å². The summed E-state index contributed by atoms with van der Waals surface area (Å²) in [5.74, 6) is -1.18. The molecule has 0 spiro atoms. The topological polar surface area (TPSA) is 98.7 Å². The molecule has 0 saturated carbocycles.